The number of nitrogens with zero attached hydrogens (tertiary/aromatic N) is 3. The number of alkyl halides is 3. The van der Waals surface area contributed by atoms with Gasteiger partial charge in [-0.25, -0.2) is 35.1 Å². The van der Waals surface area contributed by atoms with Crippen LogP contribution in [0.5, 0.6) is 0 Å². The van der Waals surface area contributed by atoms with Gasteiger partial charge in [-0.2, -0.15) is 4.98 Å². The Labute approximate surface area is 138 Å². The zero-order chi connectivity index (χ0) is 18.1. The molecule has 1 aliphatic carbocycles. The zero-order valence-corrected chi connectivity index (χ0v) is 13.2. The molecule has 5 nitrogen and oxygen atoms in total. The minimum atomic E-state index is -4.53. The van der Waals surface area contributed by atoms with Crippen molar-refractivity contribution in [2.24, 2.45) is 0 Å². The van der Waals surface area contributed by atoms with Gasteiger partial charge in [-0.1, -0.05) is 12.1 Å². The fourth-order valence-corrected chi connectivity index (χ4v) is 4.54. The molecule has 2 heterocycles. The molecule has 0 bridgehead atoms. The maximum atomic E-state index is 14.2. The van der Waals surface area contributed by atoms with Crippen LogP contribution in [-0.4, -0.2) is 34.4 Å². The molecule has 1 fully saturated rings. The largest absolute Gasteiger partial charge is 0.267 e. The highest BCUT2D eigenvalue weighted by molar-refractivity contribution is 7.92. The monoisotopic (exact) mass is 379 g/mol. The average Bonchev–Trinajstić information content (AvgIpc) is 2.90. The van der Waals surface area contributed by atoms with Gasteiger partial charge >= 0.3 is 0 Å². The first kappa shape index (κ1) is 16.4. The lowest BCUT2D eigenvalue weighted by atomic mass is 10.0. The van der Waals surface area contributed by atoms with Crippen molar-refractivity contribution in [3.63, 3.8) is 0 Å². The summed E-state index contributed by atoms with van der Waals surface area (Å²) in [6.45, 7) is 0. The van der Waals surface area contributed by atoms with Crippen LogP contribution in [0, 0.1) is 11.6 Å². The number of rotatable bonds is 3. The number of halogens is 5. The third-order valence-electron chi connectivity index (χ3n) is 4.38. The minimum absolute atomic E-state index is 0.216. The first-order chi connectivity index (χ1) is 11.6. The molecule has 1 saturated carbocycles. The second kappa shape index (κ2) is 4.99. The second-order valence-electron chi connectivity index (χ2n) is 6.06. The molecule has 0 amide bonds. The van der Waals surface area contributed by atoms with E-state index in [4.69, 9.17) is 0 Å². The molecule has 3 atom stereocenters. The zero-order valence-electron chi connectivity index (χ0n) is 12.3. The standard InChI is InChI=1S/C14H10F5N3O2S/c15-7-3-1-2-6(11(7)17)9-4-8(16)12-20-13(21-22(9)12)25(23,24)10-5-14(10,18)19/h1-3,8-10H,4-5H2/t8-,9-,10?/m0/s1. The summed E-state index contributed by atoms with van der Waals surface area (Å²) < 4.78 is 92.8. The van der Waals surface area contributed by atoms with Crippen molar-refractivity contribution in [1.82, 2.24) is 14.8 Å². The van der Waals surface area contributed by atoms with E-state index in [2.05, 4.69) is 10.1 Å². The molecule has 0 N–H and O–H groups in total. The molecule has 1 aromatic heterocycles. The summed E-state index contributed by atoms with van der Waals surface area (Å²) in [5.74, 6) is -6.12. The molecular weight excluding hydrogens is 369 g/mol. The summed E-state index contributed by atoms with van der Waals surface area (Å²) in [5, 5.41) is 0.762. The van der Waals surface area contributed by atoms with Crippen LogP contribution in [0.1, 0.15) is 36.4 Å². The summed E-state index contributed by atoms with van der Waals surface area (Å²) in [7, 11) is -4.53. The van der Waals surface area contributed by atoms with Crippen molar-refractivity contribution in [3.05, 3.63) is 41.2 Å². The maximum Gasteiger partial charge on any atom is 0.267 e. The van der Waals surface area contributed by atoms with E-state index in [1.165, 1.54) is 12.1 Å². The Bertz CT molecular complexity index is 975. The highest BCUT2D eigenvalue weighted by Crippen LogP contribution is 2.49. The predicted molar refractivity (Wildman–Crippen MR) is 73.5 cm³/mol. The second-order valence-corrected chi connectivity index (χ2v) is 8.08. The van der Waals surface area contributed by atoms with E-state index in [1.54, 1.807) is 0 Å². The number of sulfone groups is 1. The van der Waals surface area contributed by atoms with Crippen LogP contribution in [-0.2, 0) is 9.84 Å². The maximum absolute atomic E-state index is 14.2. The quantitative estimate of drug-likeness (QED) is 0.770. The highest BCUT2D eigenvalue weighted by atomic mass is 32.2. The van der Waals surface area contributed by atoms with Crippen LogP contribution in [0.25, 0.3) is 0 Å². The Balaban J connectivity index is 1.77. The Hall–Kier alpha value is -2.04. The summed E-state index contributed by atoms with van der Waals surface area (Å²) in [6.07, 6.45) is -2.93. The van der Waals surface area contributed by atoms with Crippen LogP contribution < -0.4 is 0 Å². The van der Waals surface area contributed by atoms with E-state index in [0.29, 0.717) is 0 Å². The highest BCUT2D eigenvalue weighted by Gasteiger charge is 2.66. The molecule has 134 valence electrons. The van der Waals surface area contributed by atoms with Gasteiger partial charge in [0.25, 0.3) is 11.1 Å². The smallest absolute Gasteiger partial charge is 0.239 e. The fourth-order valence-electron chi connectivity index (χ4n) is 2.97. The van der Waals surface area contributed by atoms with Gasteiger partial charge in [-0.3, -0.25) is 0 Å². The molecule has 0 saturated heterocycles. The van der Waals surface area contributed by atoms with E-state index in [9.17, 15) is 30.4 Å². The van der Waals surface area contributed by atoms with Crippen molar-refractivity contribution < 1.29 is 30.4 Å². The van der Waals surface area contributed by atoms with Gasteiger partial charge in [0.15, 0.2) is 23.6 Å². The molecule has 1 unspecified atom stereocenters. The van der Waals surface area contributed by atoms with Crippen molar-refractivity contribution in [2.75, 3.05) is 0 Å². The molecule has 1 aliphatic heterocycles. The normalized spacial score (nSPS) is 27.3. The summed E-state index contributed by atoms with van der Waals surface area (Å²) in [6, 6.07) is 2.21. The lowest BCUT2D eigenvalue weighted by molar-refractivity contribution is 0.121. The summed E-state index contributed by atoms with van der Waals surface area (Å²) >= 11 is 0. The van der Waals surface area contributed by atoms with Crippen molar-refractivity contribution in [1.29, 1.82) is 0 Å². The van der Waals surface area contributed by atoms with Gasteiger partial charge in [0.2, 0.25) is 9.84 Å². The average molecular weight is 379 g/mol. The van der Waals surface area contributed by atoms with Gasteiger partial charge < -0.3 is 0 Å². The lowest BCUT2D eigenvalue weighted by Gasteiger charge is -2.13. The Kier molecular flexibility index (Phi) is 3.28. The van der Waals surface area contributed by atoms with E-state index in [0.717, 1.165) is 10.7 Å². The molecule has 2 aromatic rings. The van der Waals surface area contributed by atoms with Crippen LogP contribution in [0.3, 0.4) is 0 Å². The van der Waals surface area contributed by atoms with Crippen LogP contribution in [0.4, 0.5) is 22.0 Å². The van der Waals surface area contributed by atoms with Crippen molar-refractivity contribution >= 4 is 9.84 Å². The number of fused-ring (bicyclic) bond motifs is 1. The van der Waals surface area contributed by atoms with Gasteiger partial charge in [0, 0.05) is 18.4 Å². The Morgan fingerprint density at radius 1 is 1.24 bits per heavy atom. The first-order valence-corrected chi connectivity index (χ1v) is 8.83. The molecule has 0 radical (unpaired) electrons. The molecule has 25 heavy (non-hydrogen) atoms. The lowest BCUT2D eigenvalue weighted by Crippen LogP contribution is -2.17. The van der Waals surface area contributed by atoms with Gasteiger partial charge in [-0.15, -0.1) is 5.10 Å². The van der Waals surface area contributed by atoms with Gasteiger partial charge in [0.1, 0.15) is 5.25 Å². The van der Waals surface area contributed by atoms with Gasteiger partial charge in [0.05, 0.1) is 6.04 Å². The predicted octanol–water partition coefficient (Wildman–Crippen LogP) is 2.74. The third kappa shape index (κ3) is 2.35. The van der Waals surface area contributed by atoms with Crippen molar-refractivity contribution in [2.45, 2.75) is 41.4 Å². The summed E-state index contributed by atoms with van der Waals surface area (Å²) in [5.41, 5.74) is -0.216. The Morgan fingerprint density at radius 3 is 2.56 bits per heavy atom. The van der Waals surface area contributed by atoms with Crippen molar-refractivity contribution in [3.8, 4) is 0 Å². The summed E-state index contributed by atoms with van der Waals surface area (Å²) in [4.78, 5) is 3.54. The van der Waals surface area contributed by atoms with E-state index in [1.807, 2.05) is 0 Å². The third-order valence-corrected chi connectivity index (χ3v) is 6.32. The molecular formula is C14H10F5N3O2S. The SMILES string of the molecule is O=S(=O)(c1nc2n(n1)[C@H](c1cccc(F)c1F)C[C@@H]2F)C1CC1(F)F. The number of benzene rings is 1. The molecule has 2 aliphatic rings. The topological polar surface area (TPSA) is 64.8 Å². The van der Waals surface area contributed by atoms with E-state index in [-0.39, 0.29) is 12.0 Å². The van der Waals surface area contributed by atoms with Crippen LogP contribution >= 0.6 is 0 Å². The minimum Gasteiger partial charge on any atom is -0.239 e. The molecule has 11 heteroatoms. The number of aromatic nitrogens is 3. The molecule has 0 spiro atoms. The molecule has 4 rings (SSSR count). The fraction of sp³-hybridized carbons (Fsp3) is 0.429. The van der Waals surface area contributed by atoms with E-state index < -0.39 is 62.3 Å². The molecule has 1 aromatic carbocycles. The van der Waals surface area contributed by atoms with E-state index >= 15 is 0 Å². The number of hydrogen-bond acceptors (Lipinski definition) is 4. The Morgan fingerprint density at radius 2 is 1.92 bits per heavy atom. The van der Waals surface area contributed by atoms with Gasteiger partial charge in [-0.05, 0) is 6.07 Å². The number of hydrogen-bond donors (Lipinski definition) is 0. The van der Waals surface area contributed by atoms with Crippen LogP contribution in [0.15, 0.2) is 23.4 Å². The van der Waals surface area contributed by atoms with Crippen LogP contribution in [0.2, 0.25) is 0 Å². The first-order valence-electron chi connectivity index (χ1n) is 7.29.